The summed E-state index contributed by atoms with van der Waals surface area (Å²) in [5, 5.41) is 13.1. The molecule has 7 nitrogen and oxygen atoms in total. The first kappa shape index (κ1) is 14.8. The summed E-state index contributed by atoms with van der Waals surface area (Å²) < 4.78 is 18.5. The van der Waals surface area contributed by atoms with Crippen molar-refractivity contribution in [3.63, 3.8) is 0 Å². The summed E-state index contributed by atoms with van der Waals surface area (Å²) in [7, 11) is 1.58. The van der Waals surface area contributed by atoms with Crippen LogP contribution in [0, 0.1) is 15.9 Å². The molecule has 0 spiro atoms. The molecule has 0 saturated heterocycles. The molecule has 0 aliphatic carbocycles. The van der Waals surface area contributed by atoms with Crippen molar-refractivity contribution in [1.82, 2.24) is 5.32 Å². The predicted octanol–water partition coefficient (Wildman–Crippen LogP) is 0.576. The summed E-state index contributed by atoms with van der Waals surface area (Å²) in [6.45, 7) is 0.131. The second kappa shape index (κ2) is 6.64. The number of carbonyl (C=O) groups is 1. The van der Waals surface area contributed by atoms with Crippen molar-refractivity contribution in [3.05, 3.63) is 34.1 Å². The summed E-state index contributed by atoms with van der Waals surface area (Å²) in [6, 6.07) is 2.70. The molecule has 8 heteroatoms. The van der Waals surface area contributed by atoms with Crippen LogP contribution in [-0.4, -0.2) is 30.5 Å². The van der Waals surface area contributed by atoms with E-state index in [0.29, 0.717) is 6.42 Å². The van der Waals surface area contributed by atoms with E-state index in [1.165, 1.54) is 6.07 Å². The molecule has 0 heterocycles. The largest absolute Gasteiger partial charge is 0.493 e. The van der Waals surface area contributed by atoms with Crippen LogP contribution in [0.1, 0.15) is 6.42 Å². The highest BCUT2D eigenvalue weighted by atomic mass is 19.1. The lowest BCUT2D eigenvalue weighted by molar-refractivity contribution is -0.387. The van der Waals surface area contributed by atoms with Crippen molar-refractivity contribution in [2.75, 3.05) is 13.7 Å². The van der Waals surface area contributed by atoms with Crippen LogP contribution in [0.15, 0.2) is 18.2 Å². The van der Waals surface area contributed by atoms with Crippen molar-refractivity contribution in [3.8, 4) is 5.75 Å². The van der Waals surface area contributed by atoms with Crippen LogP contribution in [0.3, 0.4) is 0 Å². The second-order valence-corrected chi connectivity index (χ2v) is 3.75. The average molecular weight is 271 g/mol. The molecule has 1 aromatic rings. The molecule has 0 bridgehead atoms. The van der Waals surface area contributed by atoms with Crippen LogP contribution in [0.25, 0.3) is 0 Å². The monoisotopic (exact) mass is 271 g/mol. The van der Waals surface area contributed by atoms with Crippen molar-refractivity contribution in [2.24, 2.45) is 5.73 Å². The topological polar surface area (TPSA) is 107 Å². The Hall–Kier alpha value is -2.22. The van der Waals surface area contributed by atoms with Gasteiger partial charge in [-0.3, -0.25) is 14.9 Å². The second-order valence-electron chi connectivity index (χ2n) is 3.75. The normalized spacial score (nSPS) is 11.9. The van der Waals surface area contributed by atoms with Crippen molar-refractivity contribution in [2.45, 2.75) is 12.5 Å². The number of likely N-dealkylation sites (N-methyl/N-ethyl adjacent to an activating group) is 1. The van der Waals surface area contributed by atoms with E-state index in [2.05, 4.69) is 5.32 Å². The van der Waals surface area contributed by atoms with E-state index < -0.39 is 28.4 Å². The highest BCUT2D eigenvalue weighted by Gasteiger charge is 2.15. The number of primary amides is 1. The molecule has 1 amide bonds. The Balaban J connectivity index is 2.57. The first-order valence-corrected chi connectivity index (χ1v) is 5.49. The maximum Gasteiger partial charge on any atom is 0.305 e. The summed E-state index contributed by atoms with van der Waals surface area (Å²) in [5.74, 6) is -1.33. The number of nitrogens with two attached hydrogens (primary N) is 1. The highest BCUT2D eigenvalue weighted by Crippen LogP contribution is 2.22. The number of ether oxygens (including phenoxy) is 1. The molecule has 1 unspecified atom stereocenters. The Morgan fingerprint density at radius 3 is 2.79 bits per heavy atom. The zero-order chi connectivity index (χ0) is 14.4. The number of carbonyl (C=O) groups excluding carboxylic acids is 1. The van der Waals surface area contributed by atoms with Gasteiger partial charge in [-0.2, -0.15) is 4.39 Å². The molecule has 1 rings (SSSR count). The van der Waals surface area contributed by atoms with Gasteiger partial charge in [0.15, 0.2) is 0 Å². The lowest BCUT2D eigenvalue weighted by Gasteiger charge is -2.12. The van der Waals surface area contributed by atoms with Gasteiger partial charge in [0.2, 0.25) is 11.7 Å². The predicted molar refractivity (Wildman–Crippen MR) is 65.2 cm³/mol. The molecule has 0 fully saturated rings. The number of nitrogens with zero attached hydrogens (tertiary/aromatic N) is 1. The first-order valence-electron chi connectivity index (χ1n) is 5.49. The zero-order valence-electron chi connectivity index (χ0n) is 10.3. The molecule has 104 valence electrons. The number of nitro groups is 1. The maximum atomic E-state index is 13.3. The fourth-order valence-corrected chi connectivity index (χ4v) is 1.45. The van der Waals surface area contributed by atoms with Gasteiger partial charge in [-0.1, -0.05) is 0 Å². The quantitative estimate of drug-likeness (QED) is 0.557. The Bertz CT molecular complexity index is 481. The third-order valence-corrected chi connectivity index (χ3v) is 2.48. The number of hydrogen-bond donors (Lipinski definition) is 2. The van der Waals surface area contributed by atoms with Crippen LogP contribution in [0.4, 0.5) is 10.1 Å². The minimum absolute atomic E-state index is 0.131. The maximum absolute atomic E-state index is 13.3. The van der Waals surface area contributed by atoms with Gasteiger partial charge in [-0.05, 0) is 13.1 Å². The summed E-state index contributed by atoms with van der Waals surface area (Å²) in [4.78, 5) is 20.5. The van der Waals surface area contributed by atoms with Crippen LogP contribution in [-0.2, 0) is 4.79 Å². The van der Waals surface area contributed by atoms with Gasteiger partial charge in [0.1, 0.15) is 5.75 Å². The summed E-state index contributed by atoms with van der Waals surface area (Å²) in [6.07, 6.45) is 0.310. The highest BCUT2D eigenvalue weighted by molar-refractivity contribution is 5.79. The van der Waals surface area contributed by atoms with E-state index >= 15 is 0 Å². The molecule has 0 saturated carbocycles. The minimum Gasteiger partial charge on any atom is -0.493 e. The summed E-state index contributed by atoms with van der Waals surface area (Å²) in [5.41, 5.74) is 4.50. The minimum atomic E-state index is -0.970. The standard InChI is InChI=1S/C11H14FN3O4/c1-14-9(11(13)16)4-5-19-7-2-3-10(15(17)18)8(12)6-7/h2-3,6,9,14H,4-5H2,1H3,(H2,13,16). The van der Waals surface area contributed by atoms with E-state index in [4.69, 9.17) is 10.5 Å². The first-order chi connectivity index (χ1) is 8.95. The van der Waals surface area contributed by atoms with E-state index in [1.807, 2.05) is 0 Å². The molecule has 0 radical (unpaired) electrons. The summed E-state index contributed by atoms with van der Waals surface area (Å²) >= 11 is 0. The van der Waals surface area contributed by atoms with Gasteiger partial charge in [0.05, 0.1) is 17.6 Å². The fourth-order valence-electron chi connectivity index (χ4n) is 1.45. The number of halogens is 1. The Morgan fingerprint density at radius 2 is 2.32 bits per heavy atom. The lowest BCUT2D eigenvalue weighted by Crippen LogP contribution is -2.40. The van der Waals surface area contributed by atoms with Gasteiger partial charge in [-0.15, -0.1) is 0 Å². The van der Waals surface area contributed by atoms with Crippen molar-refractivity contribution >= 4 is 11.6 Å². The van der Waals surface area contributed by atoms with Gasteiger partial charge in [-0.25, -0.2) is 0 Å². The molecule has 0 aliphatic rings. The van der Waals surface area contributed by atoms with Crippen LogP contribution < -0.4 is 15.8 Å². The number of nitrogens with one attached hydrogen (secondary N) is 1. The smallest absolute Gasteiger partial charge is 0.305 e. The Kier molecular flexibility index (Phi) is 5.19. The van der Waals surface area contributed by atoms with Gasteiger partial charge >= 0.3 is 5.69 Å². The van der Waals surface area contributed by atoms with Crippen molar-refractivity contribution in [1.29, 1.82) is 0 Å². The third-order valence-electron chi connectivity index (χ3n) is 2.48. The molecule has 1 atom stereocenters. The van der Waals surface area contributed by atoms with Gasteiger partial charge in [0.25, 0.3) is 0 Å². The zero-order valence-corrected chi connectivity index (χ0v) is 10.3. The number of benzene rings is 1. The van der Waals surface area contributed by atoms with Crippen molar-refractivity contribution < 1.29 is 18.8 Å². The molecular weight excluding hydrogens is 257 g/mol. The Morgan fingerprint density at radius 1 is 1.63 bits per heavy atom. The SMILES string of the molecule is CNC(CCOc1ccc([N+](=O)[O-])c(F)c1)C(N)=O. The number of rotatable bonds is 7. The van der Waals surface area contributed by atoms with E-state index in [-0.39, 0.29) is 12.4 Å². The Labute approximate surface area is 108 Å². The number of hydrogen-bond acceptors (Lipinski definition) is 5. The third kappa shape index (κ3) is 4.18. The van der Waals surface area contributed by atoms with Gasteiger partial charge < -0.3 is 15.8 Å². The van der Waals surface area contributed by atoms with Crippen LogP contribution in [0.5, 0.6) is 5.75 Å². The molecule has 0 aromatic heterocycles. The van der Waals surface area contributed by atoms with Crippen LogP contribution in [0.2, 0.25) is 0 Å². The average Bonchev–Trinajstić information content (AvgIpc) is 2.33. The fraction of sp³-hybridized carbons (Fsp3) is 0.364. The lowest BCUT2D eigenvalue weighted by atomic mass is 10.2. The molecule has 19 heavy (non-hydrogen) atoms. The van der Waals surface area contributed by atoms with E-state index in [1.54, 1.807) is 7.05 Å². The molecular formula is C11H14FN3O4. The van der Waals surface area contributed by atoms with E-state index in [0.717, 1.165) is 12.1 Å². The number of nitro benzene ring substituents is 1. The van der Waals surface area contributed by atoms with Crippen LogP contribution >= 0.6 is 0 Å². The van der Waals surface area contributed by atoms with Gasteiger partial charge in [0, 0.05) is 18.6 Å². The number of amides is 1. The van der Waals surface area contributed by atoms with E-state index in [9.17, 15) is 19.3 Å². The molecule has 3 N–H and O–H groups in total. The molecule has 0 aliphatic heterocycles. The molecule has 1 aromatic carbocycles.